The molecular formula is C7H11NO3S. The van der Waals surface area contributed by atoms with E-state index in [0.717, 1.165) is 10.8 Å². The van der Waals surface area contributed by atoms with Gasteiger partial charge in [-0.1, -0.05) is 6.92 Å². The van der Waals surface area contributed by atoms with Crippen LogP contribution in [0.5, 0.6) is 0 Å². The molecule has 0 bridgehead atoms. The second kappa shape index (κ2) is 3.80. The van der Waals surface area contributed by atoms with Crippen LogP contribution in [0.4, 0.5) is 0 Å². The maximum atomic E-state index is 11.1. The quantitative estimate of drug-likeness (QED) is 0.604. The van der Waals surface area contributed by atoms with Crippen molar-refractivity contribution in [3.63, 3.8) is 0 Å². The third-order valence-corrected chi connectivity index (χ3v) is 2.55. The molecule has 0 unspecified atom stereocenters. The molecule has 0 aromatic carbocycles. The Balaban J connectivity index is 2.28. The standard InChI is InChI=1S/C7H11NO3S/c1-3-12-6-4-8(7(6)10)11-5(2)9/h6H,3-4H2,1-2H3/t6-/m1/s1. The third kappa shape index (κ3) is 1.91. The summed E-state index contributed by atoms with van der Waals surface area (Å²) in [5.41, 5.74) is 0. The van der Waals surface area contributed by atoms with Gasteiger partial charge in [0.25, 0.3) is 5.91 Å². The van der Waals surface area contributed by atoms with Gasteiger partial charge < -0.3 is 4.84 Å². The zero-order valence-corrected chi connectivity index (χ0v) is 7.89. The van der Waals surface area contributed by atoms with Gasteiger partial charge in [0.05, 0.1) is 6.54 Å². The number of carbonyl (C=O) groups excluding carboxylic acids is 2. The first-order chi connectivity index (χ1) is 5.65. The summed E-state index contributed by atoms with van der Waals surface area (Å²) in [6.07, 6.45) is 0. The fourth-order valence-corrected chi connectivity index (χ4v) is 1.83. The number of rotatable bonds is 3. The molecule has 1 rings (SSSR count). The number of thioether (sulfide) groups is 1. The summed E-state index contributed by atoms with van der Waals surface area (Å²) in [6, 6.07) is 0. The summed E-state index contributed by atoms with van der Waals surface area (Å²) < 4.78 is 0. The van der Waals surface area contributed by atoms with Crippen LogP contribution in [0.3, 0.4) is 0 Å². The lowest BCUT2D eigenvalue weighted by molar-refractivity contribution is -0.209. The van der Waals surface area contributed by atoms with Crippen molar-refractivity contribution < 1.29 is 14.4 Å². The summed E-state index contributed by atoms with van der Waals surface area (Å²) in [6.45, 7) is 3.80. The molecule has 68 valence electrons. The molecule has 5 heteroatoms. The second-order valence-corrected chi connectivity index (χ2v) is 3.91. The topological polar surface area (TPSA) is 46.6 Å². The predicted molar refractivity (Wildman–Crippen MR) is 45.4 cm³/mol. The summed E-state index contributed by atoms with van der Waals surface area (Å²) in [5.74, 6) is 0.366. The smallest absolute Gasteiger partial charge is 0.329 e. The monoisotopic (exact) mass is 189 g/mol. The van der Waals surface area contributed by atoms with E-state index in [0.29, 0.717) is 6.54 Å². The molecule has 0 aliphatic carbocycles. The summed E-state index contributed by atoms with van der Waals surface area (Å²) >= 11 is 1.57. The van der Waals surface area contributed by atoms with Crippen molar-refractivity contribution in [1.29, 1.82) is 0 Å². The first-order valence-corrected chi connectivity index (χ1v) is 4.81. The van der Waals surface area contributed by atoms with Crippen LogP contribution in [0, 0.1) is 0 Å². The van der Waals surface area contributed by atoms with Crippen molar-refractivity contribution in [2.24, 2.45) is 0 Å². The number of nitrogens with zero attached hydrogens (tertiary/aromatic N) is 1. The van der Waals surface area contributed by atoms with Crippen LogP contribution in [0.25, 0.3) is 0 Å². The SMILES string of the molecule is CCS[C@@H]1CN(OC(C)=O)C1=O. The zero-order chi connectivity index (χ0) is 9.14. The minimum Gasteiger partial charge on any atom is -0.338 e. The number of hydrogen-bond acceptors (Lipinski definition) is 4. The van der Waals surface area contributed by atoms with Crippen molar-refractivity contribution in [3.05, 3.63) is 0 Å². The molecule has 0 saturated carbocycles. The van der Waals surface area contributed by atoms with Crippen molar-refractivity contribution >= 4 is 23.6 Å². The van der Waals surface area contributed by atoms with E-state index in [1.165, 1.54) is 6.92 Å². The highest BCUT2D eigenvalue weighted by Gasteiger charge is 2.39. The van der Waals surface area contributed by atoms with Gasteiger partial charge in [-0.25, -0.2) is 0 Å². The van der Waals surface area contributed by atoms with E-state index in [9.17, 15) is 9.59 Å². The summed E-state index contributed by atoms with van der Waals surface area (Å²) in [4.78, 5) is 26.2. The van der Waals surface area contributed by atoms with Crippen LogP contribution in [0.2, 0.25) is 0 Å². The lowest BCUT2D eigenvalue weighted by Gasteiger charge is -2.34. The van der Waals surface area contributed by atoms with Crippen LogP contribution in [0.15, 0.2) is 0 Å². The lowest BCUT2D eigenvalue weighted by atomic mass is 10.2. The fourth-order valence-electron chi connectivity index (χ4n) is 0.929. The Kier molecular flexibility index (Phi) is 2.97. The van der Waals surface area contributed by atoms with Gasteiger partial charge in [-0.2, -0.15) is 5.06 Å². The molecule has 0 aromatic rings. The highest BCUT2D eigenvalue weighted by Crippen LogP contribution is 2.23. The van der Waals surface area contributed by atoms with E-state index in [2.05, 4.69) is 4.84 Å². The van der Waals surface area contributed by atoms with Gasteiger partial charge in [-0.3, -0.25) is 9.59 Å². The van der Waals surface area contributed by atoms with Gasteiger partial charge in [0.15, 0.2) is 0 Å². The fraction of sp³-hybridized carbons (Fsp3) is 0.714. The van der Waals surface area contributed by atoms with E-state index in [4.69, 9.17) is 0 Å². The first kappa shape index (κ1) is 9.38. The van der Waals surface area contributed by atoms with Gasteiger partial charge in [0.2, 0.25) is 0 Å². The average molecular weight is 189 g/mol. The molecule has 0 spiro atoms. The summed E-state index contributed by atoms with van der Waals surface area (Å²) in [7, 11) is 0. The van der Waals surface area contributed by atoms with E-state index in [1.54, 1.807) is 11.8 Å². The molecule has 1 fully saturated rings. The normalized spacial score (nSPS) is 22.0. The molecule has 1 amide bonds. The van der Waals surface area contributed by atoms with Crippen LogP contribution in [0.1, 0.15) is 13.8 Å². The Morgan fingerprint density at radius 3 is 2.92 bits per heavy atom. The number of hydrogen-bond donors (Lipinski definition) is 0. The van der Waals surface area contributed by atoms with Gasteiger partial charge in [0, 0.05) is 6.92 Å². The highest BCUT2D eigenvalue weighted by molar-refractivity contribution is 8.00. The van der Waals surface area contributed by atoms with Crippen LogP contribution < -0.4 is 0 Å². The first-order valence-electron chi connectivity index (χ1n) is 3.76. The van der Waals surface area contributed by atoms with Crippen molar-refractivity contribution in [1.82, 2.24) is 5.06 Å². The Labute approximate surface area is 75.2 Å². The Hall–Kier alpha value is -0.710. The van der Waals surface area contributed by atoms with Gasteiger partial charge in [-0.05, 0) is 5.75 Å². The van der Waals surface area contributed by atoms with Gasteiger partial charge >= 0.3 is 5.97 Å². The highest BCUT2D eigenvalue weighted by atomic mass is 32.2. The average Bonchev–Trinajstić information content (AvgIpc) is 2.02. The molecule has 1 aliphatic heterocycles. The molecule has 4 nitrogen and oxygen atoms in total. The molecule has 0 radical (unpaired) electrons. The van der Waals surface area contributed by atoms with Crippen molar-refractivity contribution in [2.75, 3.05) is 12.3 Å². The Morgan fingerprint density at radius 1 is 1.83 bits per heavy atom. The summed E-state index contributed by atoms with van der Waals surface area (Å²) in [5, 5.41) is 1.10. The molecule has 12 heavy (non-hydrogen) atoms. The number of hydroxylamine groups is 2. The number of carbonyl (C=O) groups is 2. The second-order valence-electron chi connectivity index (χ2n) is 2.43. The van der Waals surface area contributed by atoms with Crippen molar-refractivity contribution in [3.8, 4) is 0 Å². The molecule has 1 atom stereocenters. The van der Waals surface area contributed by atoms with E-state index in [-0.39, 0.29) is 11.2 Å². The van der Waals surface area contributed by atoms with Gasteiger partial charge in [-0.15, -0.1) is 11.8 Å². The molecule has 0 N–H and O–H groups in total. The molecular weight excluding hydrogens is 178 g/mol. The Bertz CT molecular complexity index is 207. The van der Waals surface area contributed by atoms with Gasteiger partial charge in [0.1, 0.15) is 5.25 Å². The molecule has 1 aliphatic rings. The van der Waals surface area contributed by atoms with Crippen LogP contribution >= 0.6 is 11.8 Å². The predicted octanol–water partition coefficient (Wildman–Crippen LogP) is 0.428. The number of amides is 1. The van der Waals surface area contributed by atoms with E-state index >= 15 is 0 Å². The minimum atomic E-state index is -0.441. The van der Waals surface area contributed by atoms with Crippen LogP contribution in [-0.2, 0) is 14.4 Å². The maximum absolute atomic E-state index is 11.1. The van der Waals surface area contributed by atoms with Crippen molar-refractivity contribution in [2.45, 2.75) is 19.1 Å². The number of β-lactam (4-membered cyclic amide) rings is 1. The largest absolute Gasteiger partial charge is 0.338 e. The molecule has 1 saturated heterocycles. The van der Waals surface area contributed by atoms with Crippen LogP contribution in [-0.4, -0.2) is 34.5 Å². The van der Waals surface area contributed by atoms with E-state index < -0.39 is 5.97 Å². The third-order valence-electron chi connectivity index (χ3n) is 1.46. The van der Waals surface area contributed by atoms with E-state index in [1.807, 2.05) is 6.92 Å². The molecule has 0 aromatic heterocycles. The Morgan fingerprint density at radius 2 is 2.50 bits per heavy atom. The molecule has 1 heterocycles. The minimum absolute atomic E-state index is 0.00523. The maximum Gasteiger partial charge on any atom is 0.329 e. The zero-order valence-electron chi connectivity index (χ0n) is 7.07. The lowest BCUT2D eigenvalue weighted by Crippen LogP contribution is -2.55.